The molecule has 2 aromatic heterocycles. The van der Waals surface area contributed by atoms with Crippen molar-refractivity contribution >= 4 is 22.7 Å². The van der Waals surface area contributed by atoms with E-state index in [9.17, 15) is 0 Å². The summed E-state index contributed by atoms with van der Waals surface area (Å²) >= 11 is 1.81. The molecule has 0 bridgehead atoms. The lowest BCUT2D eigenvalue weighted by molar-refractivity contribution is 0.722. The Kier molecular flexibility index (Phi) is 6.97. The molecule has 252 valence electrons. The van der Waals surface area contributed by atoms with Crippen LogP contribution in [0.4, 0.5) is 0 Å². The molecule has 7 aromatic carbocycles. The molecule has 0 N–H and O–H groups in total. The number of rotatable bonds is 4. The van der Waals surface area contributed by atoms with Crippen molar-refractivity contribution in [2.75, 3.05) is 0 Å². The van der Waals surface area contributed by atoms with Gasteiger partial charge >= 0.3 is 0 Å². The minimum absolute atomic E-state index is 0.481. The number of nitrogens with zero attached hydrogens (tertiary/aromatic N) is 4. The van der Waals surface area contributed by atoms with Crippen LogP contribution < -0.4 is 0 Å². The molecular weight excluding hydrogens is 677 g/mol. The van der Waals surface area contributed by atoms with Gasteiger partial charge in [0.25, 0.3) is 0 Å². The van der Waals surface area contributed by atoms with Crippen molar-refractivity contribution in [3.05, 3.63) is 204 Å². The van der Waals surface area contributed by atoms with E-state index in [4.69, 9.17) is 19.9 Å². The van der Waals surface area contributed by atoms with Crippen molar-refractivity contribution < 1.29 is 0 Å². The van der Waals surface area contributed by atoms with Crippen LogP contribution in [0.25, 0.3) is 67.3 Å². The third-order valence-electron chi connectivity index (χ3n) is 10.9. The fourth-order valence-electron chi connectivity index (χ4n) is 8.53. The van der Waals surface area contributed by atoms with Gasteiger partial charge in [-0.3, -0.25) is 4.98 Å². The molecular formula is C49H30N4S. The first kappa shape index (κ1) is 30.9. The second-order valence-corrected chi connectivity index (χ2v) is 14.8. The normalized spacial score (nSPS) is 13.3. The standard InChI is InChI=1S/C49H30N4S/c1-2-13-33(14-3-1)46-51-47(34-28-26-31(27-29-34)35-19-10-15-32-16-12-30-50-44(32)35)53-48(52-46)38-20-11-24-42-45(38)54-43-25-9-8-23-41(43)49(42)39-21-6-4-17-36(39)37-18-5-7-22-40(37)49/h1-30H. The van der Waals surface area contributed by atoms with E-state index >= 15 is 0 Å². The van der Waals surface area contributed by atoms with Gasteiger partial charge in [0, 0.05) is 43.6 Å². The SMILES string of the molecule is c1ccc(-c2nc(-c3ccc(-c4cccc5cccnc45)cc3)nc(-c3cccc4c3Sc3ccccc3C43c4ccccc4-c4ccccc43)n2)cc1. The molecule has 0 amide bonds. The van der Waals surface area contributed by atoms with Gasteiger partial charge < -0.3 is 0 Å². The Morgan fingerprint density at radius 2 is 0.907 bits per heavy atom. The summed E-state index contributed by atoms with van der Waals surface area (Å²) in [5, 5.41) is 1.12. The average molecular weight is 707 g/mol. The quantitative estimate of drug-likeness (QED) is 0.182. The van der Waals surface area contributed by atoms with Gasteiger partial charge in [0.1, 0.15) is 0 Å². The molecule has 5 heteroatoms. The molecule has 0 atom stereocenters. The molecule has 1 aliphatic carbocycles. The fraction of sp³-hybridized carbons (Fsp3) is 0.0204. The van der Waals surface area contributed by atoms with Crippen LogP contribution in [0.15, 0.2) is 192 Å². The fourth-order valence-corrected chi connectivity index (χ4v) is 9.83. The first-order valence-electron chi connectivity index (χ1n) is 18.1. The largest absolute Gasteiger partial charge is 0.256 e. The van der Waals surface area contributed by atoms with E-state index in [1.165, 1.54) is 38.3 Å². The Morgan fingerprint density at radius 1 is 0.370 bits per heavy atom. The van der Waals surface area contributed by atoms with E-state index < -0.39 is 5.41 Å². The predicted molar refractivity (Wildman–Crippen MR) is 218 cm³/mol. The third kappa shape index (κ3) is 4.58. The topological polar surface area (TPSA) is 51.6 Å². The smallest absolute Gasteiger partial charge is 0.165 e. The minimum Gasteiger partial charge on any atom is -0.256 e. The first-order valence-corrected chi connectivity index (χ1v) is 19.0. The number of benzene rings is 7. The van der Waals surface area contributed by atoms with Gasteiger partial charge in [-0.15, -0.1) is 0 Å². The van der Waals surface area contributed by atoms with E-state index in [1.807, 2.05) is 42.2 Å². The predicted octanol–water partition coefficient (Wildman–Crippen LogP) is 11.9. The van der Waals surface area contributed by atoms with Gasteiger partial charge in [-0.1, -0.05) is 176 Å². The van der Waals surface area contributed by atoms with Crippen molar-refractivity contribution in [1.82, 2.24) is 19.9 Å². The minimum atomic E-state index is -0.481. The van der Waals surface area contributed by atoms with Crippen LogP contribution in [-0.2, 0) is 5.41 Å². The molecule has 1 spiro atoms. The van der Waals surface area contributed by atoms with E-state index in [0.29, 0.717) is 17.5 Å². The molecule has 0 fully saturated rings. The van der Waals surface area contributed by atoms with Crippen LogP contribution in [-0.4, -0.2) is 19.9 Å². The van der Waals surface area contributed by atoms with Crippen molar-refractivity contribution in [1.29, 1.82) is 0 Å². The number of aromatic nitrogens is 4. The molecule has 9 aromatic rings. The molecule has 0 saturated carbocycles. The highest BCUT2D eigenvalue weighted by atomic mass is 32.2. The molecule has 1 aliphatic heterocycles. The molecule has 54 heavy (non-hydrogen) atoms. The second kappa shape index (κ2) is 12.2. The Bertz CT molecular complexity index is 2870. The van der Waals surface area contributed by atoms with E-state index in [1.54, 1.807) is 0 Å². The van der Waals surface area contributed by atoms with Gasteiger partial charge in [0.15, 0.2) is 17.5 Å². The summed E-state index contributed by atoms with van der Waals surface area (Å²) in [6, 6.07) is 62.4. The van der Waals surface area contributed by atoms with Crippen LogP contribution >= 0.6 is 11.8 Å². The van der Waals surface area contributed by atoms with E-state index in [0.717, 1.165) is 43.6 Å². The van der Waals surface area contributed by atoms with Crippen molar-refractivity contribution in [2.45, 2.75) is 15.2 Å². The Hall–Kier alpha value is -6.69. The maximum atomic E-state index is 5.27. The summed E-state index contributed by atoms with van der Waals surface area (Å²) in [7, 11) is 0. The Morgan fingerprint density at radius 3 is 1.67 bits per heavy atom. The molecule has 0 saturated heterocycles. The van der Waals surface area contributed by atoms with Crippen LogP contribution in [0, 0.1) is 0 Å². The van der Waals surface area contributed by atoms with Crippen LogP contribution in [0.2, 0.25) is 0 Å². The lowest BCUT2D eigenvalue weighted by Gasteiger charge is -2.40. The second-order valence-electron chi connectivity index (χ2n) is 13.8. The third-order valence-corrected chi connectivity index (χ3v) is 12.1. The molecule has 3 heterocycles. The van der Waals surface area contributed by atoms with E-state index in [-0.39, 0.29) is 0 Å². The molecule has 0 radical (unpaired) electrons. The number of hydrogen-bond donors (Lipinski definition) is 0. The highest BCUT2D eigenvalue weighted by molar-refractivity contribution is 7.99. The van der Waals surface area contributed by atoms with Crippen LogP contribution in [0.5, 0.6) is 0 Å². The summed E-state index contributed by atoms with van der Waals surface area (Å²) in [5.41, 5.74) is 13.3. The zero-order valence-corrected chi connectivity index (χ0v) is 29.8. The Balaban J connectivity index is 1.12. The lowest BCUT2D eigenvalue weighted by atomic mass is 9.67. The number of fused-ring (bicyclic) bond motifs is 10. The highest BCUT2D eigenvalue weighted by Gasteiger charge is 2.50. The summed E-state index contributed by atoms with van der Waals surface area (Å²) in [5.74, 6) is 1.93. The highest BCUT2D eigenvalue weighted by Crippen LogP contribution is 2.63. The van der Waals surface area contributed by atoms with Crippen LogP contribution in [0.1, 0.15) is 22.3 Å². The van der Waals surface area contributed by atoms with Crippen molar-refractivity contribution in [3.8, 4) is 56.4 Å². The van der Waals surface area contributed by atoms with Gasteiger partial charge in [-0.05, 0) is 51.1 Å². The van der Waals surface area contributed by atoms with Crippen molar-refractivity contribution in [2.24, 2.45) is 0 Å². The first-order chi connectivity index (χ1) is 26.8. The number of hydrogen-bond acceptors (Lipinski definition) is 5. The van der Waals surface area contributed by atoms with E-state index in [2.05, 4.69) is 152 Å². The summed E-state index contributed by atoms with van der Waals surface area (Å²) < 4.78 is 0. The van der Waals surface area contributed by atoms with Crippen molar-refractivity contribution in [3.63, 3.8) is 0 Å². The summed E-state index contributed by atoms with van der Waals surface area (Å²) in [6.45, 7) is 0. The van der Waals surface area contributed by atoms with Gasteiger partial charge in [-0.2, -0.15) is 0 Å². The van der Waals surface area contributed by atoms with Gasteiger partial charge in [0.05, 0.1) is 10.9 Å². The lowest BCUT2D eigenvalue weighted by Crippen LogP contribution is -2.32. The van der Waals surface area contributed by atoms with Gasteiger partial charge in [0.2, 0.25) is 0 Å². The molecule has 2 aliphatic rings. The molecule has 11 rings (SSSR count). The van der Waals surface area contributed by atoms with Gasteiger partial charge in [-0.25, -0.2) is 15.0 Å². The maximum absolute atomic E-state index is 5.27. The zero-order valence-electron chi connectivity index (χ0n) is 29.0. The number of pyridine rings is 1. The summed E-state index contributed by atoms with van der Waals surface area (Å²) in [4.78, 5) is 22.7. The molecule has 0 unspecified atom stereocenters. The zero-order chi connectivity index (χ0) is 35.6. The molecule has 4 nitrogen and oxygen atoms in total. The maximum Gasteiger partial charge on any atom is 0.165 e. The average Bonchev–Trinajstić information content (AvgIpc) is 3.54. The summed E-state index contributed by atoms with van der Waals surface area (Å²) in [6.07, 6.45) is 1.85. The number of para-hydroxylation sites is 1. The van der Waals surface area contributed by atoms with Crippen LogP contribution in [0.3, 0.4) is 0 Å². The Labute approximate surface area is 317 Å². The monoisotopic (exact) mass is 706 g/mol.